The van der Waals surface area contributed by atoms with E-state index in [0.29, 0.717) is 17.9 Å². The Balaban J connectivity index is 2.90. The van der Waals surface area contributed by atoms with Crippen LogP contribution in [0.2, 0.25) is 0 Å². The van der Waals surface area contributed by atoms with Gasteiger partial charge in [0.05, 0.1) is 12.7 Å². The van der Waals surface area contributed by atoms with Crippen LogP contribution in [0.25, 0.3) is 0 Å². The molecule has 1 aromatic rings. The first-order valence-corrected chi connectivity index (χ1v) is 7.47. The summed E-state index contributed by atoms with van der Waals surface area (Å²) in [4.78, 5) is 11.5. The van der Waals surface area contributed by atoms with Gasteiger partial charge < -0.3 is 10.1 Å². The molecule has 0 radical (unpaired) electrons. The van der Waals surface area contributed by atoms with E-state index in [-0.39, 0.29) is 5.56 Å². The summed E-state index contributed by atoms with van der Waals surface area (Å²) in [5.74, 6) is -0.0689. The Labute approximate surface area is 126 Å². The van der Waals surface area contributed by atoms with Crippen molar-refractivity contribution in [2.75, 3.05) is 12.4 Å². The molecule has 0 saturated carbocycles. The zero-order chi connectivity index (χ0) is 16.0. The highest BCUT2D eigenvalue weighted by Gasteiger charge is 2.16. The Bertz CT molecular complexity index is 462. The van der Waals surface area contributed by atoms with Crippen molar-refractivity contribution in [3.63, 3.8) is 0 Å². The Morgan fingerprint density at radius 2 is 1.76 bits per heavy atom. The third-order valence-electron chi connectivity index (χ3n) is 3.25. The van der Waals surface area contributed by atoms with Crippen LogP contribution in [0.15, 0.2) is 18.2 Å². The first-order valence-electron chi connectivity index (χ1n) is 7.47. The van der Waals surface area contributed by atoms with Gasteiger partial charge in [-0.2, -0.15) is 0 Å². The zero-order valence-corrected chi connectivity index (χ0v) is 13.6. The molecular weight excluding hydrogens is 269 g/mol. The maximum Gasteiger partial charge on any atom is 0.340 e. The van der Waals surface area contributed by atoms with Gasteiger partial charge in [0.25, 0.3) is 0 Å². The molecule has 4 heteroatoms. The summed E-state index contributed by atoms with van der Waals surface area (Å²) in [5.41, 5.74) is 0.721. The molecule has 1 N–H and O–H groups in total. The minimum absolute atomic E-state index is 0.0321. The molecule has 0 aromatic heterocycles. The normalized spacial score (nSPS) is 11.3. The monoisotopic (exact) mass is 295 g/mol. The Morgan fingerprint density at radius 1 is 1.19 bits per heavy atom. The van der Waals surface area contributed by atoms with Gasteiger partial charge in [-0.3, -0.25) is 0 Å². The molecule has 1 aromatic carbocycles. The number of esters is 1. The quantitative estimate of drug-likeness (QED) is 0.753. The van der Waals surface area contributed by atoms with Gasteiger partial charge in [-0.1, -0.05) is 27.7 Å². The molecule has 0 bridgehead atoms. The second kappa shape index (κ2) is 8.01. The highest BCUT2D eigenvalue weighted by atomic mass is 19.1. The van der Waals surface area contributed by atoms with Crippen molar-refractivity contribution in [1.82, 2.24) is 0 Å². The number of anilines is 1. The van der Waals surface area contributed by atoms with E-state index < -0.39 is 11.8 Å². The number of benzene rings is 1. The Morgan fingerprint density at radius 3 is 2.24 bits per heavy atom. The predicted octanol–water partition coefficient (Wildman–Crippen LogP) is 4.49. The van der Waals surface area contributed by atoms with Crippen LogP contribution >= 0.6 is 0 Å². The number of hydrogen-bond acceptors (Lipinski definition) is 3. The molecule has 0 saturated heterocycles. The largest absolute Gasteiger partial charge is 0.465 e. The number of methoxy groups -OCH3 is 1. The molecule has 118 valence electrons. The number of nitrogens with one attached hydrogen (secondary N) is 1. The molecule has 0 fully saturated rings. The fraction of sp³-hybridized carbons (Fsp3) is 0.588. The maximum atomic E-state index is 13.6. The van der Waals surface area contributed by atoms with Crippen molar-refractivity contribution < 1.29 is 13.9 Å². The van der Waals surface area contributed by atoms with E-state index in [1.54, 1.807) is 6.07 Å². The molecule has 0 aliphatic heterocycles. The van der Waals surface area contributed by atoms with E-state index in [0.717, 1.165) is 18.5 Å². The third kappa shape index (κ3) is 5.74. The molecule has 0 spiro atoms. The molecule has 0 heterocycles. The van der Waals surface area contributed by atoms with Crippen LogP contribution in [0, 0.1) is 17.7 Å². The van der Waals surface area contributed by atoms with Crippen molar-refractivity contribution >= 4 is 11.7 Å². The van der Waals surface area contributed by atoms with Crippen LogP contribution in [0.5, 0.6) is 0 Å². The van der Waals surface area contributed by atoms with E-state index in [1.807, 2.05) is 0 Å². The Hall–Kier alpha value is -1.58. The topological polar surface area (TPSA) is 38.3 Å². The van der Waals surface area contributed by atoms with Gasteiger partial charge in [-0.05, 0) is 42.9 Å². The van der Waals surface area contributed by atoms with Gasteiger partial charge in [-0.25, -0.2) is 9.18 Å². The van der Waals surface area contributed by atoms with Crippen LogP contribution in [0.4, 0.5) is 10.1 Å². The smallest absolute Gasteiger partial charge is 0.340 e. The summed E-state index contributed by atoms with van der Waals surface area (Å²) >= 11 is 0. The van der Waals surface area contributed by atoms with Gasteiger partial charge >= 0.3 is 5.97 Å². The van der Waals surface area contributed by atoms with Gasteiger partial charge in [-0.15, -0.1) is 0 Å². The number of halogens is 1. The molecule has 0 aliphatic carbocycles. The lowest BCUT2D eigenvalue weighted by molar-refractivity contribution is 0.0595. The van der Waals surface area contributed by atoms with E-state index in [4.69, 9.17) is 0 Å². The van der Waals surface area contributed by atoms with Crippen LogP contribution < -0.4 is 5.32 Å². The first-order chi connectivity index (χ1) is 9.83. The number of ether oxygens (including phenoxy) is 1. The van der Waals surface area contributed by atoms with Gasteiger partial charge in [0.2, 0.25) is 0 Å². The lowest BCUT2D eigenvalue weighted by Crippen LogP contribution is -2.23. The fourth-order valence-corrected chi connectivity index (χ4v) is 2.47. The van der Waals surface area contributed by atoms with Crippen molar-refractivity contribution in [3.8, 4) is 0 Å². The van der Waals surface area contributed by atoms with E-state index in [2.05, 4.69) is 37.7 Å². The van der Waals surface area contributed by atoms with Crippen LogP contribution in [-0.2, 0) is 4.74 Å². The average molecular weight is 295 g/mol. The lowest BCUT2D eigenvalue weighted by Gasteiger charge is -2.23. The molecule has 0 atom stereocenters. The summed E-state index contributed by atoms with van der Waals surface area (Å²) in [6.07, 6.45) is 2.06. The number of rotatable bonds is 7. The SMILES string of the molecule is COC(=O)c1cc(NC(CC(C)C)CC(C)C)ccc1F. The number of carbonyl (C=O) groups excluding carboxylic acids is 1. The zero-order valence-electron chi connectivity index (χ0n) is 13.6. The highest BCUT2D eigenvalue weighted by molar-refractivity contribution is 5.90. The van der Waals surface area contributed by atoms with Crippen molar-refractivity contribution in [2.24, 2.45) is 11.8 Å². The summed E-state index contributed by atoms with van der Waals surface area (Å²) < 4.78 is 18.2. The molecule has 3 nitrogen and oxygen atoms in total. The minimum Gasteiger partial charge on any atom is -0.465 e. The molecule has 1 rings (SSSR count). The second-order valence-electron chi connectivity index (χ2n) is 6.29. The summed E-state index contributed by atoms with van der Waals surface area (Å²) in [6, 6.07) is 4.79. The van der Waals surface area contributed by atoms with Crippen molar-refractivity contribution in [3.05, 3.63) is 29.6 Å². The molecule has 0 unspecified atom stereocenters. The number of hydrogen-bond donors (Lipinski definition) is 1. The van der Waals surface area contributed by atoms with Crippen LogP contribution in [-0.4, -0.2) is 19.1 Å². The van der Waals surface area contributed by atoms with Crippen LogP contribution in [0.3, 0.4) is 0 Å². The van der Waals surface area contributed by atoms with Gasteiger partial charge in [0, 0.05) is 11.7 Å². The van der Waals surface area contributed by atoms with E-state index in [9.17, 15) is 9.18 Å². The highest BCUT2D eigenvalue weighted by Crippen LogP contribution is 2.21. The van der Waals surface area contributed by atoms with Gasteiger partial charge in [0.15, 0.2) is 0 Å². The molecule has 0 aliphatic rings. The summed E-state index contributed by atoms with van der Waals surface area (Å²) in [5, 5.41) is 3.41. The molecule has 0 amide bonds. The molecule has 21 heavy (non-hydrogen) atoms. The van der Waals surface area contributed by atoms with Crippen molar-refractivity contribution in [2.45, 2.75) is 46.6 Å². The maximum absolute atomic E-state index is 13.6. The predicted molar refractivity (Wildman–Crippen MR) is 84.1 cm³/mol. The fourth-order valence-electron chi connectivity index (χ4n) is 2.47. The van der Waals surface area contributed by atoms with Gasteiger partial charge in [0.1, 0.15) is 5.82 Å². The Kier molecular flexibility index (Phi) is 6.66. The summed E-state index contributed by atoms with van der Waals surface area (Å²) in [7, 11) is 1.25. The lowest BCUT2D eigenvalue weighted by atomic mass is 9.95. The standard InChI is InChI=1S/C17H26FNO2/c1-11(2)8-14(9-12(3)4)19-13-6-7-16(18)15(10-13)17(20)21-5/h6-7,10-12,14,19H,8-9H2,1-5H3. The minimum atomic E-state index is -0.652. The third-order valence-corrected chi connectivity index (χ3v) is 3.25. The number of carbonyl (C=O) groups is 1. The van der Waals surface area contributed by atoms with E-state index >= 15 is 0 Å². The summed E-state index contributed by atoms with van der Waals surface area (Å²) in [6.45, 7) is 8.72. The van der Waals surface area contributed by atoms with Crippen molar-refractivity contribution in [1.29, 1.82) is 0 Å². The first kappa shape index (κ1) is 17.5. The van der Waals surface area contributed by atoms with Crippen LogP contribution in [0.1, 0.15) is 50.9 Å². The second-order valence-corrected chi connectivity index (χ2v) is 6.29. The average Bonchev–Trinajstić information content (AvgIpc) is 2.38. The molecular formula is C17H26FNO2. The van der Waals surface area contributed by atoms with E-state index in [1.165, 1.54) is 19.2 Å².